The van der Waals surface area contributed by atoms with Crippen LogP contribution in [0.15, 0.2) is 17.0 Å². The van der Waals surface area contributed by atoms with Gasteiger partial charge in [-0.15, -0.1) is 0 Å². The summed E-state index contributed by atoms with van der Waals surface area (Å²) < 4.78 is 27.2. The zero-order valence-corrected chi connectivity index (χ0v) is 13.9. The Morgan fingerprint density at radius 3 is 2.35 bits per heavy atom. The number of sulfonamides is 1. The van der Waals surface area contributed by atoms with Gasteiger partial charge in [-0.25, -0.2) is 13.1 Å². The molecule has 0 radical (unpaired) electrons. The molecule has 112 valence electrons. The summed E-state index contributed by atoms with van der Waals surface area (Å²) in [5.74, 6) is 2.53. The molecule has 1 fully saturated rings. The van der Waals surface area contributed by atoms with E-state index in [4.69, 9.17) is 28.9 Å². The number of nitrogens with one attached hydrogen (secondary N) is 1. The van der Waals surface area contributed by atoms with Gasteiger partial charge in [-0.05, 0) is 42.4 Å². The van der Waals surface area contributed by atoms with E-state index < -0.39 is 10.0 Å². The number of halogens is 2. The highest BCUT2D eigenvalue weighted by Crippen LogP contribution is 2.32. The first kappa shape index (κ1) is 16.2. The standard InChI is InChI=1S/C12H16Cl2N2O2S2/c13-10-5-9(15)6-11(14)12(10)20(17,18)16-7-8-1-3-19-4-2-8/h5-6,8,16H,1-4,7,15H2. The van der Waals surface area contributed by atoms with Gasteiger partial charge in [0.1, 0.15) is 4.90 Å². The van der Waals surface area contributed by atoms with Crippen molar-refractivity contribution in [3.8, 4) is 0 Å². The van der Waals surface area contributed by atoms with Crippen molar-refractivity contribution in [1.29, 1.82) is 0 Å². The number of thioether (sulfide) groups is 1. The van der Waals surface area contributed by atoms with Crippen molar-refractivity contribution in [1.82, 2.24) is 4.72 Å². The molecular weight excluding hydrogens is 339 g/mol. The lowest BCUT2D eigenvalue weighted by Gasteiger charge is -2.21. The fraction of sp³-hybridized carbons (Fsp3) is 0.500. The average molecular weight is 355 g/mol. The van der Waals surface area contributed by atoms with Crippen molar-refractivity contribution in [2.75, 3.05) is 23.8 Å². The second-order valence-corrected chi connectivity index (χ2v) is 8.46. The van der Waals surface area contributed by atoms with Crippen LogP contribution in [0.1, 0.15) is 12.8 Å². The monoisotopic (exact) mass is 354 g/mol. The minimum atomic E-state index is -3.71. The van der Waals surface area contributed by atoms with E-state index in [-0.39, 0.29) is 14.9 Å². The second kappa shape index (κ2) is 6.75. The predicted octanol–water partition coefficient (Wildman–Crippen LogP) is 3.00. The molecule has 1 aliphatic rings. The Balaban J connectivity index is 2.14. The molecule has 4 nitrogen and oxygen atoms in total. The molecule has 0 saturated carbocycles. The maximum atomic E-state index is 12.3. The van der Waals surface area contributed by atoms with Gasteiger partial charge >= 0.3 is 0 Å². The lowest BCUT2D eigenvalue weighted by molar-refractivity contribution is 0.476. The Morgan fingerprint density at radius 2 is 1.80 bits per heavy atom. The van der Waals surface area contributed by atoms with Crippen LogP contribution < -0.4 is 10.5 Å². The normalized spacial score (nSPS) is 17.3. The Bertz CT molecular complexity index is 564. The summed E-state index contributed by atoms with van der Waals surface area (Å²) in [6.07, 6.45) is 2.05. The molecule has 0 atom stereocenters. The highest BCUT2D eigenvalue weighted by Gasteiger charge is 2.24. The van der Waals surface area contributed by atoms with E-state index >= 15 is 0 Å². The van der Waals surface area contributed by atoms with Crippen molar-refractivity contribution >= 4 is 50.7 Å². The quantitative estimate of drug-likeness (QED) is 0.815. The lowest BCUT2D eigenvalue weighted by Crippen LogP contribution is -2.31. The van der Waals surface area contributed by atoms with E-state index in [2.05, 4.69) is 4.72 Å². The Kier molecular flexibility index (Phi) is 5.48. The molecule has 0 spiro atoms. The van der Waals surface area contributed by atoms with E-state index in [9.17, 15) is 8.42 Å². The molecule has 1 saturated heterocycles. The van der Waals surface area contributed by atoms with E-state index in [1.807, 2.05) is 11.8 Å². The third kappa shape index (κ3) is 3.95. The maximum Gasteiger partial charge on any atom is 0.243 e. The van der Waals surface area contributed by atoms with Gasteiger partial charge < -0.3 is 5.73 Å². The zero-order chi connectivity index (χ0) is 14.8. The topological polar surface area (TPSA) is 72.2 Å². The molecule has 3 N–H and O–H groups in total. The van der Waals surface area contributed by atoms with Gasteiger partial charge in [0.25, 0.3) is 0 Å². The lowest BCUT2D eigenvalue weighted by atomic mass is 10.0. The number of benzene rings is 1. The van der Waals surface area contributed by atoms with E-state index in [1.54, 1.807) is 0 Å². The fourth-order valence-electron chi connectivity index (χ4n) is 2.09. The molecule has 2 rings (SSSR count). The fourth-order valence-corrected chi connectivity index (χ4v) is 5.63. The number of hydrogen-bond acceptors (Lipinski definition) is 4. The van der Waals surface area contributed by atoms with Crippen molar-refractivity contribution in [3.05, 3.63) is 22.2 Å². The largest absolute Gasteiger partial charge is 0.399 e. The van der Waals surface area contributed by atoms with Crippen LogP contribution in [0.25, 0.3) is 0 Å². The third-order valence-electron chi connectivity index (χ3n) is 3.19. The number of hydrogen-bond donors (Lipinski definition) is 2. The summed E-state index contributed by atoms with van der Waals surface area (Å²) >= 11 is 13.8. The highest BCUT2D eigenvalue weighted by molar-refractivity contribution is 7.99. The number of rotatable bonds is 4. The minimum absolute atomic E-state index is 0.0432. The molecule has 8 heteroatoms. The molecule has 20 heavy (non-hydrogen) atoms. The first-order chi connectivity index (χ1) is 9.40. The first-order valence-corrected chi connectivity index (χ1v) is 9.61. The molecule has 1 aromatic carbocycles. The van der Waals surface area contributed by atoms with Gasteiger partial charge in [-0.3, -0.25) is 0 Å². The summed E-state index contributed by atoms with van der Waals surface area (Å²) in [5, 5.41) is 0.0865. The van der Waals surface area contributed by atoms with Gasteiger partial charge in [0, 0.05) is 12.2 Å². The van der Waals surface area contributed by atoms with Gasteiger partial charge in [-0.1, -0.05) is 23.2 Å². The SMILES string of the molecule is Nc1cc(Cl)c(S(=O)(=O)NCC2CCSCC2)c(Cl)c1. The van der Waals surface area contributed by atoms with Gasteiger partial charge in [0.15, 0.2) is 0 Å². The molecule has 0 aliphatic carbocycles. The highest BCUT2D eigenvalue weighted by atomic mass is 35.5. The summed E-state index contributed by atoms with van der Waals surface area (Å²) in [7, 11) is -3.71. The average Bonchev–Trinajstić information content (AvgIpc) is 2.36. The molecule has 1 aliphatic heterocycles. The molecule has 0 amide bonds. The van der Waals surface area contributed by atoms with Crippen LogP contribution in [0.4, 0.5) is 5.69 Å². The van der Waals surface area contributed by atoms with Crippen molar-refractivity contribution < 1.29 is 8.42 Å². The summed E-state index contributed by atoms with van der Waals surface area (Å²) in [6, 6.07) is 2.78. The number of anilines is 1. The van der Waals surface area contributed by atoms with Gasteiger partial charge in [-0.2, -0.15) is 11.8 Å². The van der Waals surface area contributed by atoms with Gasteiger partial charge in [0.2, 0.25) is 10.0 Å². The minimum Gasteiger partial charge on any atom is -0.399 e. The van der Waals surface area contributed by atoms with Crippen LogP contribution in [0, 0.1) is 5.92 Å². The second-order valence-electron chi connectivity index (χ2n) is 4.72. The smallest absolute Gasteiger partial charge is 0.243 e. The Labute approximate surface area is 133 Å². The van der Waals surface area contributed by atoms with Crippen LogP contribution in [0.2, 0.25) is 10.0 Å². The van der Waals surface area contributed by atoms with Crippen molar-refractivity contribution in [2.45, 2.75) is 17.7 Å². The maximum absolute atomic E-state index is 12.3. The summed E-state index contributed by atoms with van der Waals surface area (Å²) in [5.41, 5.74) is 5.91. The zero-order valence-electron chi connectivity index (χ0n) is 10.7. The van der Waals surface area contributed by atoms with Gasteiger partial charge in [0.05, 0.1) is 10.0 Å². The Morgan fingerprint density at radius 1 is 1.25 bits per heavy atom. The Hall–Kier alpha value is -0.140. The molecule has 0 unspecified atom stereocenters. The van der Waals surface area contributed by atoms with Crippen molar-refractivity contribution in [3.63, 3.8) is 0 Å². The molecule has 1 heterocycles. The molecular formula is C12H16Cl2N2O2S2. The molecule has 0 aromatic heterocycles. The van der Waals surface area contributed by atoms with Crippen molar-refractivity contribution in [2.24, 2.45) is 5.92 Å². The predicted molar refractivity (Wildman–Crippen MR) is 86.1 cm³/mol. The van der Waals surface area contributed by atoms with E-state index in [0.717, 1.165) is 24.3 Å². The molecule has 1 aromatic rings. The molecule has 0 bridgehead atoms. The first-order valence-electron chi connectivity index (χ1n) is 6.22. The third-order valence-corrected chi connectivity index (χ3v) is 6.59. The summed E-state index contributed by atoms with van der Waals surface area (Å²) in [4.78, 5) is -0.0970. The number of nitrogen functional groups attached to an aromatic ring is 1. The van der Waals surface area contributed by atoms with E-state index in [1.165, 1.54) is 12.1 Å². The van der Waals surface area contributed by atoms with Crippen LogP contribution >= 0.6 is 35.0 Å². The van der Waals surface area contributed by atoms with Crippen LogP contribution in [-0.2, 0) is 10.0 Å². The van der Waals surface area contributed by atoms with Crippen LogP contribution in [-0.4, -0.2) is 26.5 Å². The van der Waals surface area contributed by atoms with E-state index in [0.29, 0.717) is 18.2 Å². The van der Waals surface area contributed by atoms with Crippen LogP contribution in [0.5, 0.6) is 0 Å². The number of nitrogens with two attached hydrogens (primary N) is 1. The van der Waals surface area contributed by atoms with Crippen LogP contribution in [0.3, 0.4) is 0 Å². The summed E-state index contributed by atoms with van der Waals surface area (Å²) in [6.45, 7) is 0.417.